The van der Waals surface area contributed by atoms with Gasteiger partial charge in [0.05, 0.1) is 70.7 Å². The number of amides is 2. The lowest BCUT2D eigenvalue weighted by molar-refractivity contribution is -0.126. The zero-order valence-corrected chi connectivity index (χ0v) is 21.5. The standard InChI is InChI=1S/C26H31N9O2/c1-5-20(6-2)34-13-18(14-34)25(36)31-19-7-22(16(3)27-9-19)32-26(37)21-10-30-35-15-23(28-11-24(21)35)17-8-29-33(4)12-17/h7-12,15,18,20H,5-6,13-14H2,1-4H3,(H,31,36)(H,32,37). The van der Waals surface area contributed by atoms with Crippen molar-refractivity contribution in [2.24, 2.45) is 13.0 Å². The Kier molecular flexibility index (Phi) is 6.70. The number of carbonyl (C=O) groups is 2. The molecule has 11 nitrogen and oxygen atoms in total. The molecule has 0 aliphatic carbocycles. The van der Waals surface area contributed by atoms with Crippen LogP contribution in [-0.2, 0) is 11.8 Å². The van der Waals surface area contributed by atoms with E-state index in [0.29, 0.717) is 39.9 Å². The number of anilines is 2. The van der Waals surface area contributed by atoms with E-state index in [4.69, 9.17) is 0 Å². The van der Waals surface area contributed by atoms with Crippen molar-refractivity contribution >= 4 is 28.7 Å². The maximum Gasteiger partial charge on any atom is 0.259 e. The molecule has 4 aromatic heterocycles. The second kappa shape index (κ2) is 10.1. The highest BCUT2D eigenvalue weighted by Crippen LogP contribution is 2.25. The third-order valence-electron chi connectivity index (χ3n) is 6.99. The summed E-state index contributed by atoms with van der Waals surface area (Å²) in [5.74, 6) is -0.398. The van der Waals surface area contributed by atoms with Crippen molar-refractivity contribution in [3.63, 3.8) is 0 Å². The maximum atomic E-state index is 13.1. The number of aromatic nitrogens is 6. The average Bonchev–Trinajstić information content (AvgIpc) is 3.48. The quantitative estimate of drug-likeness (QED) is 0.380. The van der Waals surface area contributed by atoms with Gasteiger partial charge in [0.2, 0.25) is 5.91 Å². The van der Waals surface area contributed by atoms with Crippen molar-refractivity contribution in [1.82, 2.24) is 34.3 Å². The van der Waals surface area contributed by atoms with E-state index >= 15 is 0 Å². The molecule has 11 heteroatoms. The number of nitrogens with one attached hydrogen (secondary N) is 2. The van der Waals surface area contributed by atoms with Gasteiger partial charge in [-0.25, -0.2) is 4.52 Å². The maximum absolute atomic E-state index is 13.1. The summed E-state index contributed by atoms with van der Waals surface area (Å²) in [4.78, 5) is 37.1. The summed E-state index contributed by atoms with van der Waals surface area (Å²) in [6.45, 7) is 7.70. The molecule has 0 spiro atoms. The van der Waals surface area contributed by atoms with E-state index in [2.05, 4.69) is 49.5 Å². The zero-order chi connectivity index (χ0) is 26.1. The summed E-state index contributed by atoms with van der Waals surface area (Å²) in [7, 11) is 1.84. The number of fused-ring (bicyclic) bond motifs is 1. The van der Waals surface area contributed by atoms with Crippen molar-refractivity contribution in [1.29, 1.82) is 0 Å². The Hall–Kier alpha value is -4.12. The summed E-state index contributed by atoms with van der Waals surface area (Å²) >= 11 is 0. The van der Waals surface area contributed by atoms with Gasteiger partial charge in [-0.1, -0.05) is 13.8 Å². The Morgan fingerprint density at radius 2 is 1.81 bits per heavy atom. The van der Waals surface area contributed by atoms with Crippen LogP contribution in [-0.4, -0.2) is 65.2 Å². The van der Waals surface area contributed by atoms with E-state index in [9.17, 15) is 9.59 Å². The number of likely N-dealkylation sites (tertiary alicyclic amines) is 1. The fourth-order valence-corrected chi connectivity index (χ4v) is 4.70. The average molecular weight is 502 g/mol. The molecule has 2 amide bonds. The third-order valence-corrected chi connectivity index (χ3v) is 6.99. The van der Waals surface area contributed by atoms with E-state index in [0.717, 1.165) is 31.5 Å². The van der Waals surface area contributed by atoms with Crippen molar-refractivity contribution < 1.29 is 9.59 Å². The first-order chi connectivity index (χ1) is 17.9. The van der Waals surface area contributed by atoms with Gasteiger partial charge in [-0.3, -0.25) is 29.1 Å². The molecule has 1 saturated heterocycles. The summed E-state index contributed by atoms with van der Waals surface area (Å²) < 4.78 is 3.32. The lowest BCUT2D eigenvalue weighted by Crippen LogP contribution is -2.55. The van der Waals surface area contributed by atoms with Crippen molar-refractivity contribution in [3.8, 4) is 11.3 Å². The molecule has 37 heavy (non-hydrogen) atoms. The molecular weight excluding hydrogens is 470 g/mol. The van der Waals surface area contributed by atoms with Crippen molar-refractivity contribution in [2.45, 2.75) is 39.7 Å². The molecule has 1 aliphatic rings. The smallest absolute Gasteiger partial charge is 0.259 e. The molecule has 1 fully saturated rings. The van der Waals surface area contributed by atoms with Gasteiger partial charge in [0.1, 0.15) is 0 Å². The molecule has 5 rings (SSSR count). The van der Waals surface area contributed by atoms with Gasteiger partial charge in [0, 0.05) is 37.9 Å². The zero-order valence-electron chi connectivity index (χ0n) is 21.5. The molecule has 0 saturated carbocycles. The Balaban J connectivity index is 1.27. The summed E-state index contributed by atoms with van der Waals surface area (Å²) in [5, 5.41) is 14.4. The van der Waals surface area contributed by atoms with E-state index in [1.54, 1.807) is 47.0 Å². The van der Waals surface area contributed by atoms with Crippen LogP contribution in [0.5, 0.6) is 0 Å². The molecule has 0 unspecified atom stereocenters. The Morgan fingerprint density at radius 3 is 2.51 bits per heavy atom. The van der Waals surface area contributed by atoms with Crippen LogP contribution in [0.3, 0.4) is 0 Å². The lowest BCUT2D eigenvalue weighted by Gasteiger charge is -2.43. The van der Waals surface area contributed by atoms with Crippen molar-refractivity contribution in [3.05, 3.63) is 54.5 Å². The van der Waals surface area contributed by atoms with Gasteiger partial charge >= 0.3 is 0 Å². The van der Waals surface area contributed by atoms with Crippen LogP contribution >= 0.6 is 0 Å². The second-order valence-electron chi connectivity index (χ2n) is 9.48. The SMILES string of the molecule is CCC(CC)N1CC(C(=O)Nc2cnc(C)c(NC(=O)c3cnn4cc(-c5cnn(C)c5)ncc34)c2)C1. The van der Waals surface area contributed by atoms with Crippen LogP contribution in [0.25, 0.3) is 16.8 Å². The van der Waals surface area contributed by atoms with Gasteiger partial charge in [-0.05, 0) is 25.8 Å². The highest BCUT2D eigenvalue weighted by molar-refractivity contribution is 6.09. The van der Waals surface area contributed by atoms with Gasteiger partial charge in [-0.15, -0.1) is 0 Å². The number of hydrogen-bond acceptors (Lipinski definition) is 7. The Labute approximate surface area is 214 Å². The summed E-state index contributed by atoms with van der Waals surface area (Å²) in [5.41, 5.74) is 4.24. The first kappa shape index (κ1) is 24.6. The van der Waals surface area contributed by atoms with Gasteiger partial charge < -0.3 is 10.6 Å². The highest BCUT2D eigenvalue weighted by Gasteiger charge is 2.35. The fraction of sp³-hybridized carbons (Fsp3) is 0.385. The minimum Gasteiger partial charge on any atom is -0.324 e. The molecule has 0 radical (unpaired) electrons. The number of carbonyl (C=O) groups excluding carboxylic acids is 2. The molecular formula is C26H31N9O2. The number of nitrogens with zero attached hydrogens (tertiary/aromatic N) is 7. The van der Waals surface area contributed by atoms with Crippen molar-refractivity contribution in [2.75, 3.05) is 23.7 Å². The molecule has 1 aliphatic heterocycles. The topological polar surface area (TPSA) is 122 Å². The first-order valence-corrected chi connectivity index (χ1v) is 12.5. The third kappa shape index (κ3) is 4.94. The lowest BCUT2D eigenvalue weighted by atomic mass is 9.94. The molecule has 2 N–H and O–H groups in total. The molecule has 5 heterocycles. The van der Waals surface area contributed by atoms with Crippen LogP contribution in [0.15, 0.2) is 43.2 Å². The number of pyridine rings is 1. The van der Waals surface area contributed by atoms with Crippen LogP contribution < -0.4 is 10.6 Å². The predicted molar refractivity (Wildman–Crippen MR) is 140 cm³/mol. The van der Waals surface area contributed by atoms with Crippen LogP contribution in [0.2, 0.25) is 0 Å². The Bertz CT molecular complexity index is 1450. The molecule has 0 atom stereocenters. The van der Waals surface area contributed by atoms with Crippen LogP contribution in [0, 0.1) is 12.8 Å². The van der Waals surface area contributed by atoms with E-state index in [-0.39, 0.29) is 17.7 Å². The van der Waals surface area contributed by atoms with E-state index in [1.807, 2.05) is 13.2 Å². The number of rotatable bonds is 8. The van der Waals surface area contributed by atoms with E-state index in [1.165, 1.54) is 6.20 Å². The largest absolute Gasteiger partial charge is 0.324 e. The summed E-state index contributed by atoms with van der Waals surface area (Å²) in [6.07, 6.45) is 12.3. The number of aryl methyl sites for hydroxylation is 2. The molecule has 4 aromatic rings. The molecule has 0 aromatic carbocycles. The Morgan fingerprint density at radius 1 is 1.03 bits per heavy atom. The monoisotopic (exact) mass is 501 g/mol. The summed E-state index contributed by atoms with van der Waals surface area (Å²) in [6, 6.07) is 2.27. The normalized spacial score (nSPS) is 14.2. The van der Waals surface area contributed by atoms with Gasteiger partial charge in [-0.2, -0.15) is 10.2 Å². The van der Waals surface area contributed by atoms with Gasteiger partial charge in [0.25, 0.3) is 5.91 Å². The molecule has 192 valence electrons. The van der Waals surface area contributed by atoms with Crippen LogP contribution in [0.4, 0.5) is 11.4 Å². The predicted octanol–water partition coefficient (Wildman–Crippen LogP) is 3.14. The molecule has 0 bridgehead atoms. The fourth-order valence-electron chi connectivity index (χ4n) is 4.70. The first-order valence-electron chi connectivity index (χ1n) is 12.5. The highest BCUT2D eigenvalue weighted by atomic mass is 16.2. The second-order valence-corrected chi connectivity index (χ2v) is 9.48. The van der Waals surface area contributed by atoms with E-state index < -0.39 is 0 Å². The minimum atomic E-state index is -0.334. The number of hydrogen-bond donors (Lipinski definition) is 2. The van der Waals surface area contributed by atoms with Crippen LogP contribution in [0.1, 0.15) is 42.7 Å². The van der Waals surface area contributed by atoms with Gasteiger partial charge in [0.15, 0.2) is 0 Å². The minimum absolute atomic E-state index is 0.0248.